The summed E-state index contributed by atoms with van der Waals surface area (Å²) < 4.78 is 0. The van der Waals surface area contributed by atoms with Gasteiger partial charge in [0.25, 0.3) is 5.91 Å². The summed E-state index contributed by atoms with van der Waals surface area (Å²) in [6.07, 6.45) is 1.66. The summed E-state index contributed by atoms with van der Waals surface area (Å²) in [4.78, 5) is 18.2. The van der Waals surface area contributed by atoms with Crippen LogP contribution in [0.3, 0.4) is 0 Å². The van der Waals surface area contributed by atoms with Gasteiger partial charge in [0.15, 0.2) is 0 Å². The number of nitrogens with zero attached hydrogens (tertiary/aromatic N) is 2. The molecule has 0 unspecified atom stereocenters. The molecule has 1 aromatic heterocycles. The Balaban J connectivity index is 2.19. The third-order valence-corrected chi connectivity index (χ3v) is 3.01. The van der Waals surface area contributed by atoms with Crippen molar-refractivity contribution in [3.05, 3.63) is 29.6 Å². The highest BCUT2D eigenvalue weighted by Crippen LogP contribution is 2.11. The summed E-state index contributed by atoms with van der Waals surface area (Å²) in [6, 6.07) is 3.73. The third kappa shape index (κ3) is 2.36. The molecule has 0 radical (unpaired) electrons. The molecule has 5 heteroatoms. The zero-order valence-electron chi connectivity index (χ0n) is 9.02. The van der Waals surface area contributed by atoms with Crippen molar-refractivity contribution in [2.24, 2.45) is 0 Å². The number of carbonyl (C=O) groups excluding carboxylic acids is 1. The van der Waals surface area contributed by atoms with Crippen molar-refractivity contribution in [3.8, 4) is 0 Å². The Bertz CT molecular complexity index is 377. The van der Waals surface area contributed by atoms with Gasteiger partial charge in [-0.1, -0.05) is 6.07 Å². The minimum atomic E-state index is 0.0196. The molecule has 86 valence electrons. The average Bonchev–Trinajstić information content (AvgIpc) is 2.39. The fraction of sp³-hybridized carbons (Fsp3) is 0.455. The van der Waals surface area contributed by atoms with Crippen LogP contribution in [-0.4, -0.2) is 42.0 Å². The molecule has 2 rings (SSSR count). The maximum Gasteiger partial charge on any atom is 0.272 e. The second-order valence-electron chi connectivity index (χ2n) is 3.71. The fourth-order valence-electron chi connectivity index (χ4n) is 1.78. The van der Waals surface area contributed by atoms with E-state index in [2.05, 4.69) is 22.9 Å². The largest absolute Gasteiger partial charge is 0.335 e. The topological polar surface area (TPSA) is 45.2 Å². The Morgan fingerprint density at radius 1 is 1.50 bits per heavy atom. The van der Waals surface area contributed by atoms with Gasteiger partial charge in [0.1, 0.15) is 5.69 Å². The third-order valence-electron chi connectivity index (χ3n) is 2.67. The molecule has 2 heterocycles. The van der Waals surface area contributed by atoms with Crippen LogP contribution in [0.1, 0.15) is 16.1 Å². The van der Waals surface area contributed by atoms with Crippen LogP contribution in [0, 0.1) is 0 Å². The van der Waals surface area contributed by atoms with Gasteiger partial charge < -0.3 is 10.2 Å². The van der Waals surface area contributed by atoms with E-state index in [9.17, 15) is 4.79 Å². The van der Waals surface area contributed by atoms with Gasteiger partial charge in [0, 0.05) is 38.1 Å². The van der Waals surface area contributed by atoms with Gasteiger partial charge in [-0.15, -0.1) is 0 Å². The highest BCUT2D eigenvalue weighted by Gasteiger charge is 2.20. The van der Waals surface area contributed by atoms with E-state index < -0.39 is 0 Å². The molecule has 0 atom stereocenters. The Morgan fingerprint density at radius 2 is 2.25 bits per heavy atom. The van der Waals surface area contributed by atoms with Crippen molar-refractivity contribution in [2.75, 3.05) is 26.2 Å². The zero-order chi connectivity index (χ0) is 11.4. The van der Waals surface area contributed by atoms with Gasteiger partial charge in [0.2, 0.25) is 0 Å². The van der Waals surface area contributed by atoms with E-state index in [1.807, 2.05) is 17.0 Å². The van der Waals surface area contributed by atoms with E-state index in [0.717, 1.165) is 31.7 Å². The van der Waals surface area contributed by atoms with Crippen LogP contribution in [-0.2, 0) is 5.75 Å². The molecular weight excluding hydrogens is 222 g/mol. The van der Waals surface area contributed by atoms with Crippen LogP contribution in [0.5, 0.6) is 0 Å². The van der Waals surface area contributed by atoms with E-state index in [-0.39, 0.29) is 5.91 Å². The van der Waals surface area contributed by atoms with Crippen molar-refractivity contribution in [3.63, 3.8) is 0 Å². The molecule has 1 aliphatic rings. The lowest BCUT2D eigenvalue weighted by atomic mass is 10.2. The van der Waals surface area contributed by atoms with E-state index in [0.29, 0.717) is 11.4 Å². The molecular formula is C11H15N3OS. The summed E-state index contributed by atoms with van der Waals surface area (Å²) in [5, 5.41) is 3.22. The van der Waals surface area contributed by atoms with Crippen LogP contribution >= 0.6 is 12.6 Å². The molecule has 4 nitrogen and oxygen atoms in total. The monoisotopic (exact) mass is 237 g/mol. The number of carbonyl (C=O) groups is 1. The van der Waals surface area contributed by atoms with Gasteiger partial charge in [-0.05, 0) is 11.6 Å². The Hall–Kier alpha value is -1.07. The summed E-state index contributed by atoms with van der Waals surface area (Å²) in [7, 11) is 0. The number of hydrogen-bond donors (Lipinski definition) is 2. The highest BCUT2D eigenvalue weighted by molar-refractivity contribution is 7.79. The maximum absolute atomic E-state index is 12.2. The van der Waals surface area contributed by atoms with Crippen LogP contribution in [0.25, 0.3) is 0 Å². The molecule has 0 aliphatic carbocycles. The Morgan fingerprint density at radius 3 is 2.94 bits per heavy atom. The van der Waals surface area contributed by atoms with Crippen molar-refractivity contribution in [1.82, 2.24) is 15.2 Å². The van der Waals surface area contributed by atoms with Gasteiger partial charge in [-0.3, -0.25) is 9.78 Å². The number of nitrogens with one attached hydrogen (secondary N) is 1. The van der Waals surface area contributed by atoms with E-state index in [1.54, 1.807) is 6.20 Å². The molecule has 1 saturated heterocycles. The second kappa shape index (κ2) is 5.32. The normalized spacial score (nSPS) is 16.2. The first-order chi connectivity index (χ1) is 7.83. The lowest BCUT2D eigenvalue weighted by Crippen LogP contribution is -2.46. The summed E-state index contributed by atoms with van der Waals surface area (Å²) >= 11 is 4.22. The predicted octanol–water partition coefficient (Wildman–Crippen LogP) is 0.557. The standard InChI is InChI=1S/C11H15N3OS/c15-11(14-6-4-12-5-7-14)10-9(8-16)2-1-3-13-10/h1-3,12,16H,4-8H2. The second-order valence-corrected chi connectivity index (χ2v) is 4.03. The number of rotatable bonds is 2. The first-order valence-corrected chi connectivity index (χ1v) is 6.01. The summed E-state index contributed by atoms with van der Waals surface area (Å²) in [5.41, 5.74) is 1.44. The minimum Gasteiger partial charge on any atom is -0.335 e. The van der Waals surface area contributed by atoms with Crippen LogP contribution < -0.4 is 5.32 Å². The van der Waals surface area contributed by atoms with Gasteiger partial charge in [0.05, 0.1) is 0 Å². The molecule has 0 aromatic carbocycles. The number of piperazine rings is 1. The van der Waals surface area contributed by atoms with Crippen molar-refractivity contribution >= 4 is 18.5 Å². The number of hydrogen-bond acceptors (Lipinski definition) is 4. The van der Waals surface area contributed by atoms with Crippen molar-refractivity contribution in [2.45, 2.75) is 5.75 Å². The van der Waals surface area contributed by atoms with Crippen molar-refractivity contribution < 1.29 is 4.79 Å². The lowest BCUT2D eigenvalue weighted by molar-refractivity contribution is 0.0729. The van der Waals surface area contributed by atoms with Gasteiger partial charge in [-0.25, -0.2) is 0 Å². The van der Waals surface area contributed by atoms with Crippen LogP contribution in [0.15, 0.2) is 18.3 Å². The van der Waals surface area contributed by atoms with E-state index in [1.165, 1.54) is 0 Å². The predicted molar refractivity (Wildman–Crippen MR) is 65.7 cm³/mol. The minimum absolute atomic E-state index is 0.0196. The number of aromatic nitrogens is 1. The molecule has 1 amide bonds. The first kappa shape index (κ1) is 11.4. The SMILES string of the molecule is O=C(c1ncccc1CS)N1CCNCC1. The van der Waals surface area contributed by atoms with Crippen LogP contribution in [0.2, 0.25) is 0 Å². The van der Waals surface area contributed by atoms with Crippen molar-refractivity contribution in [1.29, 1.82) is 0 Å². The Kier molecular flexibility index (Phi) is 3.79. The zero-order valence-corrected chi connectivity index (χ0v) is 9.91. The molecule has 1 fully saturated rings. The maximum atomic E-state index is 12.2. The van der Waals surface area contributed by atoms with Crippen LogP contribution in [0.4, 0.5) is 0 Å². The molecule has 16 heavy (non-hydrogen) atoms. The van der Waals surface area contributed by atoms with E-state index >= 15 is 0 Å². The summed E-state index contributed by atoms with van der Waals surface area (Å²) in [6.45, 7) is 3.21. The average molecular weight is 237 g/mol. The summed E-state index contributed by atoms with van der Waals surface area (Å²) in [5.74, 6) is 0.562. The van der Waals surface area contributed by atoms with E-state index in [4.69, 9.17) is 0 Å². The highest BCUT2D eigenvalue weighted by atomic mass is 32.1. The lowest BCUT2D eigenvalue weighted by Gasteiger charge is -2.27. The fourth-order valence-corrected chi connectivity index (χ4v) is 2.03. The molecule has 1 aromatic rings. The van der Waals surface area contributed by atoms with Gasteiger partial charge >= 0.3 is 0 Å². The number of amides is 1. The van der Waals surface area contributed by atoms with Gasteiger partial charge in [-0.2, -0.15) is 12.6 Å². The molecule has 0 spiro atoms. The molecule has 0 saturated carbocycles. The smallest absolute Gasteiger partial charge is 0.272 e. The number of thiol groups is 1. The molecule has 0 bridgehead atoms. The Labute approximate surface area is 100 Å². The molecule has 1 aliphatic heterocycles. The first-order valence-electron chi connectivity index (χ1n) is 5.37. The molecule has 1 N–H and O–H groups in total. The quantitative estimate of drug-likeness (QED) is 0.739. The number of pyridine rings is 1.